The molecule has 0 bridgehead atoms. The fraction of sp³-hybridized carbons (Fsp3) is 0. The van der Waals surface area contributed by atoms with E-state index in [1.807, 2.05) is 0 Å². The molecule has 0 heterocycles. The van der Waals surface area contributed by atoms with Crippen molar-refractivity contribution < 1.29 is 53.0 Å². The van der Waals surface area contributed by atoms with Crippen molar-refractivity contribution in [1.29, 1.82) is 21.0 Å². The normalized spacial score (nSPS) is 13.1. The van der Waals surface area contributed by atoms with Gasteiger partial charge in [0.1, 0.15) is 35.4 Å². The van der Waals surface area contributed by atoms with Gasteiger partial charge in [0.25, 0.3) is 0 Å². The van der Waals surface area contributed by atoms with Gasteiger partial charge in [-0.05, 0) is 80.9 Å². The first kappa shape index (κ1) is 37.8. The predicted molar refractivity (Wildman–Crippen MR) is 174 cm³/mol. The Hall–Kier alpha value is -6.54. The number of benzene rings is 5. The summed E-state index contributed by atoms with van der Waals surface area (Å²) in [5, 5.41) is 39.7. The Kier molecular flexibility index (Phi) is 9.20. The minimum Gasteiger partial charge on any atom is -0.606 e. The van der Waals surface area contributed by atoms with Gasteiger partial charge in [-0.1, -0.05) is 0 Å². The molecule has 2 aliphatic carbocycles. The quantitative estimate of drug-likeness (QED) is 0.0572. The summed E-state index contributed by atoms with van der Waals surface area (Å²) in [6.45, 7) is 0. The Morgan fingerprint density at radius 3 is 0.946 bits per heavy atom. The highest BCUT2D eigenvalue weighted by molar-refractivity contribution is 7.91. The number of fused-ring (bicyclic) bond motifs is 6. The molecule has 7 rings (SSSR count). The van der Waals surface area contributed by atoms with E-state index < -0.39 is 111 Å². The van der Waals surface area contributed by atoms with E-state index >= 15 is 0 Å². The second-order valence-corrected chi connectivity index (χ2v) is 14.5. The molecule has 0 radical (unpaired) electrons. The summed E-state index contributed by atoms with van der Waals surface area (Å²) < 4.78 is 169. The smallest absolute Gasteiger partial charge is 0.236 e. The summed E-state index contributed by atoms with van der Waals surface area (Å²) in [6.07, 6.45) is 0. The largest absolute Gasteiger partial charge is 0.606 e. The van der Waals surface area contributed by atoms with Crippen LogP contribution >= 0.6 is 0 Å². The van der Waals surface area contributed by atoms with E-state index in [1.54, 1.807) is 24.3 Å². The molecule has 18 heteroatoms. The Labute approximate surface area is 313 Å². The zero-order valence-electron chi connectivity index (χ0n) is 26.8. The fourth-order valence-electron chi connectivity index (χ4n) is 6.45. The van der Waals surface area contributed by atoms with E-state index in [9.17, 15) is 74.1 Å². The van der Waals surface area contributed by atoms with Crippen LogP contribution in [-0.2, 0) is 22.4 Å². The van der Waals surface area contributed by atoms with Crippen LogP contribution in [0.3, 0.4) is 0 Å². The van der Waals surface area contributed by atoms with Crippen LogP contribution in [0.2, 0.25) is 0 Å². The minimum absolute atomic E-state index is 0.0448. The fourth-order valence-corrected chi connectivity index (χ4v) is 8.77. The van der Waals surface area contributed by atoms with Gasteiger partial charge in [-0.2, -0.15) is 38.6 Å². The van der Waals surface area contributed by atoms with Gasteiger partial charge in [-0.3, -0.25) is 0 Å². The summed E-state index contributed by atoms with van der Waals surface area (Å²) in [7, 11) is 0. The van der Waals surface area contributed by atoms with Crippen LogP contribution in [0.5, 0.6) is 0 Å². The van der Waals surface area contributed by atoms with Crippen LogP contribution in [-0.4, -0.2) is 9.11 Å². The van der Waals surface area contributed by atoms with Crippen molar-refractivity contribution in [3.05, 3.63) is 140 Å². The summed E-state index contributed by atoms with van der Waals surface area (Å²) in [5.41, 5.74) is -0.569. The van der Waals surface area contributed by atoms with Gasteiger partial charge in [-0.15, -0.1) is 0 Å². The maximum absolute atomic E-state index is 14.6. The van der Waals surface area contributed by atoms with Gasteiger partial charge in [0, 0.05) is 45.6 Å². The Balaban J connectivity index is 1.44. The molecule has 274 valence electrons. The standard InChI is InChI=1S/C38H8F10N4O2S2/c39-27-29(41)33(45)37(34(46)30(27)42)55(53)15-1-3-17-19-7-20-18-4-2-16(56(54)38-35(47)31(43)28(40)32(44)36(38)48)6-22(18)26(14(11-51)12-52)24(20)8-23(19)25(21(17)5-15)13(9-49)10-50/h1-8H. The lowest BCUT2D eigenvalue weighted by Gasteiger charge is -2.14. The summed E-state index contributed by atoms with van der Waals surface area (Å²) >= 11 is -6.11. The summed E-state index contributed by atoms with van der Waals surface area (Å²) in [4.78, 5) is -4.32. The number of allylic oxidation sites excluding steroid dienone is 2. The van der Waals surface area contributed by atoms with Crippen LogP contribution in [0.15, 0.2) is 79.3 Å². The second kappa shape index (κ2) is 13.6. The number of nitriles is 4. The number of hydrogen-bond donors (Lipinski definition) is 0. The molecule has 0 aromatic heterocycles. The molecule has 0 fully saturated rings. The highest BCUT2D eigenvalue weighted by Crippen LogP contribution is 2.54. The van der Waals surface area contributed by atoms with Gasteiger partial charge in [0.05, 0.1) is 0 Å². The Morgan fingerprint density at radius 2 is 0.643 bits per heavy atom. The van der Waals surface area contributed by atoms with Crippen molar-refractivity contribution in [1.82, 2.24) is 0 Å². The second-order valence-electron chi connectivity index (χ2n) is 11.6. The van der Waals surface area contributed by atoms with E-state index in [0.717, 1.165) is 24.3 Å². The van der Waals surface area contributed by atoms with Crippen LogP contribution in [0.25, 0.3) is 33.4 Å². The van der Waals surface area contributed by atoms with E-state index in [-0.39, 0.29) is 55.7 Å². The maximum atomic E-state index is 14.6. The lowest BCUT2D eigenvalue weighted by atomic mass is 9.93. The molecular weight excluding hydrogens is 799 g/mol. The summed E-state index contributed by atoms with van der Waals surface area (Å²) in [5.74, 6) is -23.8. The zero-order chi connectivity index (χ0) is 40.7. The molecule has 6 nitrogen and oxygen atoms in total. The highest BCUT2D eigenvalue weighted by atomic mass is 32.2. The van der Waals surface area contributed by atoms with Gasteiger partial charge in [0.2, 0.25) is 68.0 Å². The third-order valence-electron chi connectivity index (χ3n) is 8.88. The molecule has 0 amide bonds. The van der Waals surface area contributed by atoms with E-state index in [1.165, 1.54) is 24.3 Å². The lowest BCUT2D eigenvalue weighted by molar-refractivity contribution is 0.357. The van der Waals surface area contributed by atoms with Crippen LogP contribution in [0.1, 0.15) is 22.3 Å². The van der Waals surface area contributed by atoms with Crippen molar-refractivity contribution in [3.8, 4) is 46.5 Å². The molecular formula is C38H8F10N4O2S2. The molecule has 0 saturated carbocycles. The van der Waals surface area contributed by atoms with Crippen molar-refractivity contribution in [2.45, 2.75) is 19.6 Å². The Morgan fingerprint density at radius 1 is 0.375 bits per heavy atom. The number of hydrogen-bond acceptors (Lipinski definition) is 6. The molecule has 56 heavy (non-hydrogen) atoms. The third-order valence-corrected chi connectivity index (χ3v) is 11.7. The van der Waals surface area contributed by atoms with Gasteiger partial charge in [-0.25, -0.2) is 26.3 Å². The average molecular weight is 807 g/mol. The molecule has 0 saturated heterocycles. The number of nitrogens with zero attached hydrogens (tertiary/aromatic N) is 4. The molecule has 2 atom stereocenters. The van der Waals surface area contributed by atoms with Crippen LogP contribution in [0, 0.1) is 103 Å². The van der Waals surface area contributed by atoms with Crippen molar-refractivity contribution in [2.24, 2.45) is 0 Å². The van der Waals surface area contributed by atoms with E-state index in [0.29, 0.717) is 0 Å². The van der Waals surface area contributed by atoms with Gasteiger partial charge < -0.3 is 9.11 Å². The average Bonchev–Trinajstić information content (AvgIpc) is 3.69. The molecule has 5 aromatic carbocycles. The molecule has 0 spiro atoms. The SMILES string of the molecule is N#CC(C#N)=C1c2cc([S+]([O-])c3c(F)c(F)c(F)c(F)c3F)ccc2-c2cc3c(cc21)C(=C(C#N)C#N)c1cc([S+]([O-])c2c(F)c(F)c(F)c(F)c2F)ccc1-3. The molecule has 0 N–H and O–H groups in total. The minimum atomic E-state index is -3.06. The van der Waals surface area contributed by atoms with Gasteiger partial charge in [0.15, 0.2) is 9.79 Å². The molecule has 2 aliphatic rings. The van der Waals surface area contributed by atoms with Crippen molar-refractivity contribution in [3.63, 3.8) is 0 Å². The van der Waals surface area contributed by atoms with Crippen molar-refractivity contribution in [2.75, 3.05) is 0 Å². The first-order valence-corrected chi connectivity index (χ1v) is 17.4. The highest BCUT2D eigenvalue weighted by Gasteiger charge is 2.39. The topological polar surface area (TPSA) is 141 Å². The van der Waals surface area contributed by atoms with E-state index in [4.69, 9.17) is 0 Å². The Bertz CT molecular complexity index is 2640. The molecule has 5 aromatic rings. The first-order chi connectivity index (χ1) is 26.6. The number of rotatable bonds is 4. The maximum Gasteiger partial charge on any atom is 0.236 e. The van der Waals surface area contributed by atoms with Crippen LogP contribution in [0.4, 0.5) is 43.9 Å². The first-order valence-electron chi connectivity index (χ1n) is 15.1. The zero-order valence-corrected chi connectivity index (χ0v) is 28.5. The van der Waals surface area contributed by atoms with Crippen molar-refractivity contribution >= 4 is 33.5 Å². The third kappa shape index (κ3) is 5.27. The predicted octanol–water partition coefficient (Wildman–Crippen LogP) is 9.07. The molecule has 0 aliphatic heterocycles. The molecule has 2 unspecified atom stereocenters. The monoisotopic (exact) mass is 806 g/mol. The van der Waals surface area contributed by atoms with Gasteiger partial charge >= 0.3 is 0 Å². The number of halogens is 10. The lowest BCUT2D eigenvalue weighted by Crippen LogP contribution is -2.13. The van der Waals surface area contributed by atoms with E-state index in [2.05, 4.69) is 0 Å². The summed E-state index contributed by atoms with van der Waals surface area (Å²) in [6, 6.07) is 16.1. The van der Waals surface area contributed by atoms with Crippen LogP contribution < -0.4 is 0 Å².